The summed E-state index contributed by atoms with van der Waals surface area (Å²) in [7, 11) is 0. The highest BCUT2D eigenvalue weighted by molar-refractivity contribution is 9.10. The van der Waals surface area contributed by atoms with E-state index in [-0.39, 0.29) is 0 Å². The molecule has 1 N–H and O–H groups in total. The molecule has 0 fully saturated rings. The molecule has 0 heterocycles. The van der Waals surface area contributed by atoms with Crippen molar-refractivity contribution in [3.05, 3.63) is 94.5 Å². The summed E-state index contributed by atoms with van der Waals surface area (Å²) in [4.78, 5) is 0. The highest BCUT2D eigenvalue weighted by Crippen LogP contribution is 2.24. The van der Waals surface area contributed by atoms with Crippen LogP contribution in [0.3, 0.4) is 0 Å². The largest absolute Gasteiger partial charge is 0.456 e. The van der Waals surface area contributed by atoms with Crippen molar-refractivity contribution in [3.63, 3.8) is 0 Å². The quantitative estimate of drug-likeness (QED) is 0.618. The second kappa shape index (κ2) is 8.53. The van der Waals surface area contributed by atoms with E-state index in [1.807, 2.05) is 78.9 Å². The van der Waals surface area contributed by atoms with Crippen molar-refractivity contribution < 1.29 is 9.84 Å². The molecule has 25 heavy (non-hydrogen) atoms. The first-order valence-corrected chi connectivity index (χ1v) is 8.76. The van der Waals surface area contributed by atoms with Gasteiger partial charge < -0.3 is 9.84 Å². The fourth-order valence-corrected chi connectivity index (χ4v) is 2.81. The number of para-hydroxylation sites is 2. The van der Waals surface area contributed by atoms with Crippen LogP contribution < -0.4 is 4.74 Å². The number of hydrogen-bond acceptors (Lipinski definition) is 2. The third kappa shape index (κ3) is 4.96. The number of benzene rings is 3. The van der Waals surface area contributed by atoms with Gasteiger partial charge in [0.15, 0.2) is 0 Å². The predicted molar refractivity (Wildman–Crippen MR) is 104 cm³/mol. The Kier molecular flexibility index (Phi) is 5.90. The van der Waals surface area contributed by atoms with Crippen LogP contribution in [0.1, 0.15) is 11.1 Å². The summed E-state index contributed by atoms with van der Waals surface area (Å²) in [6.07, 6.45) is -0.278. The Morgan fingerprint density at radius 3 is 2.36 bits per heavy atom. The third-order valence-corrected chi connectivity index (χ3v) is 4.38. The van der Waals surface area contributed by atoms with Crippen molar-refractivity contribution in [1.82, 2.24) is 0 Å². The number of halogens is 1. The average Bonchev–Trinajstić information content (AvgIpc) is 2.64. The van der Waals surface area contributed by atoms with Crippen LogP contribution in [0.4, 0.5) is 0 Å². The molecule has 3 heteroatoms. The van der Waals surface area contributed by atoms with Crippen molar-refractivity contribution in [2.24, 2.45) is 0 Å². The minimum Gasteiger partial charge on any atom is -0.456 e. The zero-order chi connectivity index (χ0) is 17.5. The van der Waals surface area contributed by atoms with Gasteiger partial charge in [-0.1, -0.05) is 76.3 Å². The highest BCUT2D eigenvalue weighted by atomic mass is 79.9. The van der Waals surface area contributed by atoms with Gasteiger partial charge in [0.25, 0.3) is 0 Å². The number of aliphatic hydroxyl groups excluding tert-OH is 1. The lowest BCUT2D eigenvalue weighted by atomic mass is 10.1. The lowest BCUT2D eigenvalue weighted by Crippen LogP contribution is -2.07. The lowest BCUT2D eigenvalue weighted by Gasteiger charge is -2.08. The van der Waals surface area contributed by atoms with Crippen molar-refractivity contribution in [2.75, 3.05) is 0 Å². The van der Waals surface area contributed by atoms with Crippen LogP contribution >= 0.6 is 15.9 Å². The Labute approximate surface area is 156 Å². The average molecular weight is 393 g/mol. The maximum absolute atomic E-state index is 10.2. The van der Waals surface area contributed by atoms with Gasteiger partial charge in [-0.2, -0.15) is 0 Å². The fourth-order valence-electron chi connectivity index (χ4n) is 2.36. The topological polar surface area (TPSA) is 29.5 Å². The molecule has 0 amide bonds. The van der Waals surface area contributed by atoms with Gasteiger partial charge in [-0.05, 0) is 35.9 Å². The first-order valence-electron chi connectivity index (χ1n) is 7.97. The Morgan fingerprint density at radius 2 is 1.56 bits per heavy atom. The highest BCUT2D eigenvalue weighted by Gasteiger charge is 2.06. The zero-order valence-electron chi connectivity index (χ0n) is 13.5. The monoisotopic (exact) mass is 392 g/mol. The first-order chi connectivity index (χ1) is 12.2. The molecule has 0 aromatic heterocycles. The molecule has 3 aromatic carbocycles. The summed E-state index contributed by atoms with van der Waals surface area (Å²) in [6, 6.07) is 25.0. The molecule has 0 bridgehead atoms. The Balaban J connectivity index is 1.75. The molecule has 1 unspecified atom stereocenters. The summed E-state index contributed by atoms with van der Waals surface area (Å²) >= 11 is 3.49. The predicted octanol–water partition coefficient (Wildman–Crippen LogP) is 5.20. The van der Waals surface area contributed by atoms with E-state index in [1.165, 1.54) is 0 Å². The van der Waals surface area contributed by atoms with Gasteiger partial charge in [-0.15, -0.1) is 0 Å². The van der Waals surface area contributed by atoms with Crippen molar-refractivity contribution in [3.8, 4) is 23.3 Å². The summed E-state index contributed by atoms with van der Waals surface area (Å²) in [6.45, 7) is 0. The molecular formula is C22H17BrO2. The van der Waals surface area contributed by atoms with Crippen molar-refractivity contribution in [1.29, 1.82) is 0 Å². The van der Waals surface area contributed by atoms with E-state index in [2.05, 4.69) is 27.8 Å². The number of hydrogen-bond donors (Lipinski definition) is 1. The molecule has 124 valence electrons. The van der Waals surface area contributed by atoms with E-state index in [4.69, 9.17) is 4.74 Å². The molecule has 3 rings (SSSR count). The van der Waals surface area contributed by atoms with E-state index >= 15 is 0 Å². The number of rotatable bonds is 4. The minimum atomic E-state index is -0.747. The first kappa shape index (κ1) is 17.3. The standard InChI is InChI=1S/C22H17BrO2/c23-21-12-6-4-9-18(21)16-19(24)15-14-17-8-5-7-13-22(17)25-20-10-2-1-3-11-20/h1-13,19,24H,16H2. The van der Waals surface area contributed by atoms with Crippen LogP contribution in [-0.2, 0) is 6.42 Å². The van der Waals surface area contributed by atoms with E-state index < -0.39 is 6.10 Å². The molecule has 1 atom stereocenters. The van der Waals surface area contributed by atoms with Gasteiger partial charge in [-0.25, -0.2) is 0 Å². The second-order valence-corrected chi connectivity index (χ2v) is 6.35. The van der Waals surface area contributed by atoms with E-state index in [0.717, 1.165) is 21.3 Å². The van der Waals surface area contributed by atoms with Crippen LogP contribution in [0.25, 0.3) is 0 Å². The maximum atomic E-state index is 10.2. The van der Waals surface area contributed by atoms with E-state index in [0.29, 0.717) is 12.2 Å². The molecular weight excluding hydrogens is 376 g/mol. The zero-order valence-corrected chi connectivity index (χ0v) is 15.1. The van der Waals surface area contributed by atoms with E-state index in [9.17, 15) is 5.11 Å². The maximum Gasteiger partial charge on any atom is 0.143 e. The molecule has 3 aromatic rings. The van der Waals surface area contributed by atoms with Gasteiger partial charge in [0, 0.05) is 10.9 Å². The summed E-state index contributed by atoms with van der Waals surface area (Å²) in [5.74, 6) is 7.37. The lowest BCUT2D eigenvalue weighted by molar-refractivity contribution is 0.233. The van der Waals surface area contributed by atoms with Gasteiger partial charge in [0.1, 0.15) is 17.6 Å². The van der Waals surface area contributed by atoms with Gasteiger partial charge >= 0.3 is 0 Å². The second-order valence-electron chi connectivity index (χ2n) is 5.49. The molecule has 0 saturated carbocycles. The minimum absolute atomic E-state index is 0.468. The molecule has 2 nitrogen and oxygen atoms in total. The Morgan fingerprint density at radius 1 is 0.880 bits per heavy atom. The summed E-state index contributed by atoms with van der Waals surface area (Å²) in [5, 5.41) is 10.2. The molecule has 0 saturated heterocycles. The van der Waals surface area contributed by atoms with Crippen LogP contribution in [0.2, 0.25) is 0 Å². The third-order valence-electron chi connectivity index (χ3n) is 3.60. The van der Waals surface area contributed by atoms with Crippen LogP contribution in [-0.4, -0.2) is 11.2 Å². The molecule has 0 aliphatic carbocycles. The van der Waals surface area contributed by atoms with Crippen LogP contribution in [0.15, 0.2) is 83.3 Å². The molecule has 0 radical (unpaired) electrons. The molecule has 0 aliphatic rings. The Hall–Kier alpha value is -2.54. The SMILES string of the molecule is OC(C#Cc1ccccc1Oc1ccccc1)Cc1ccccc1Br. The fraction of sp³-hybridized carbons (Fsp3) is 0.0909. The summed E-state index contributed by atoms with van der Waals surface area (Å²) < 4.78 is 6.86. The summed E-state index contributed by atoms with van der Waals surface area (Å²) in [5.41, 5.74) is 1.77. The molecule has 0 spiro atoms. The van der Waals surface area contributed by atoms with Crippen molar-refractivity contribution in [2.45, 2.75) is 12.5 Å². The van der Waals surface area contributed by atoms with Crippen LogP contribution in [0, 0.1) is 11.8 Å². The number of aliphatic hydroxyl groups is 1. The normalized spacial score (nSPS) is 11.3. The molecule has 0 aliphatic heterocycles. The Bertz CT molecular complexity index is 894. The number of ether oxygens (including phenoxy) is 1. The van der Waals surface area contributed by atoms with Crippen LogP contribution in [0.5, 0.6) is 11.5 Å². The van der Waals surface area contributed by atoms with E-state index in [1.54, 1.807) is 0 Å². The van der Waals surface area contributed by atoms with Crippen molar-refractivity contribution >= 4 is 15.9 Å². The smallest absolute Gasteiger partial charge is 0.143 e. The van der Waals surface area contributed by atoms with Gasteiger partial charge in [0.2, 0.25) is 0 Å². The van der Waals surface area contributed by atoms with Gasteiger partial charge in [-0.3, -0.25) is 0 Å². The van der Waals surface area contributed by atoms with Gasteiger partial charge in [0.05, 0.1) is 5.56 Å².